The maximum atomic E-state index is 13.4. The second-order valence-electron chi connectivity index (χ2n) is 23.9. The second kappa shape index (κ2) is 58.0. The Morgan fingerprint density at radius 3 is 1.33 bits per heavy atom. The molecule has 0 aromatic carbocycles. The standard InChI is InChI=1S/C70H129NO10/c1-4-7-10-13-16-19-22-25-26-27-28-29-30-31-32-33-34-35-36-37-38-40-43-46-49-52-55-58-65(75)81-68-67(77)66(76)64(59-72)80-70(68)79-60-61(62(73)56-53-50-47-44-41-24-21-18-15-12-9-6-3)71-69(78)63(74)57-54-51-48-45-42-39-23-20-17-14-11-8-5-2/h8,11,17,20,39,42,53,56,61-64,66-68,70,72-74,76-77H,4-7,9-10,12-16,18-19,21-38,40-41,43-52,54-55,57-60H2,1-3H3,(H,71,78)/b11-8+,20-17+,42-39+,56-53+. The van der Waals surface area contributed by atoms with Gasteiger partial charge >= 0.3 is 5.97 Å². The molecule has 0 aromatic heterocycles. The highest BCUT2D eigenvalue weighted by molar-refractivity contribution is 5.80. The van der Waals surface area contributed by atoms with Gasteiger partial charge in [-0.25, -0.2) is 0 Å². The van der Waals surface area contributed by atoms with E-state index >= 15 is 0 Å². The summed E-state index contributed by atoms with van der Waals surface area (Å²) in [5.74, 6) is -1.21. The first-order valence-electron chi connectivity index (χ1n) is 34.4. The van der Waals surface area contributed by atoms with Gasteiger partial charge in [0.05, 0.1) is 25.4 Å². The van der Waals surface area contributed by atoms with Gasteiger partial charge in [-0.3, -0.25) is 9.59 Å². The number of hydrogen-bond donors (Lipinski definition) is 6. The van der Waals surface area contributed by atoms with Crippen molar-refractivity contribution in [2.45, 2.75) is 372 Å². The topological polar surface area (TPSA) is 175 Å². The zero-order valence-electron chi connectivity index (χ0n) is 52.7. The summed E-state index contributed by atoms with van der Waals surface area (Å²) in [7, 11) is 0. The van der Waals surface area contributed by atoms with Gasteiger partial charge in [0.25, 0.3) is 0 Å². The monoisotopic (exact) mass is 1140 g/mol. The van der Waals surface area contributed by atoms with Crippen molar-refractivity contribution in [1.82, 2.24) is 5.32 Å². The molecule has 1 aliphatic rings. The molecule has 8 unspecified atom stereocenters. The lowest BCUT2D eigenvalue weighted by atomic mass is 9.99. The molecule has 1 saturated heterocycles. The van der Waals surface area contributed by atoms with Crippen LogP contribution in [0, 0.1) is 0 Å². The third-order valence-electron chi connectivity index (χ3n) is 16.2. The van der Waals surface area contributed by atoms with Crippen molar-refractivity contribution in [2.75, 3.05) is 13.2 Å². The van der Waals surface area contributed by atoms with E-state index in [1.54, 1.807) is 6.08 Å². The summed E-state index contributed by atoms with van der Waals surface area (Å²) >= 11 is 0. The van der Waals surface area contributed by atoms with Crippen LogP contribution in [0.1, 0.15) is 323 Å². The van der Waals surface area contributed by atoms with Gasteiger partial charge in [0.15, 0.2) is 12.4 Å². The number of rotatable bonds is 59. The predicted molar refractivity (Wildman–Crippen MR) is 338 cm³/mol. The zero-order chi connectivity index (χ0) is 58.9. The highest BCUT2D eigenvalue weighted by atomic mass is 16.7. The Morgan fingerprint density at radius 1 is 0.494 bits per heavy atom. The summed E-state index contributed by atoms with van der Waals surface area (Å²) in [4.78, 5) is 26.6. The number of unbranched alkanes of at least 4 members (excludes halogenated alkanes) is 39. The molecular weight excluding hydrogens is 1010 g/mol. The highest BCUT2D eigenvalue weighted by Crippen LogP contribution is 2.26. The molecule has 474 valence electrons. The summed E-state index contributed by atoms with van der Waals surface area (Å²) in [5.41, 5.74) is 0. The normalized spacial score (nSPS) is 18.9. The Morgan fingerprint density at radius 2 is 0.889 bits per heavy atom. The number of esters is 1. The Kier molecular flexibility index (Phi) is 54.9. The fraction of sp³-hybridized carbons (Fsp3) is 0.857. The summed E-state index contributed by atoms with van der Waals surface area (Å²) < 4.78 is 17.7. The quantitative estimate of drug-likeness (QED) is 0.0195. The number of carbonyl (C=O) groups excluding carboxylic acids is 2. The molecule has 0 aromatic rings. The van der Waals surface area contributed by atoms with Crippen LogP contribution in [-0.4, -0.2) is 99.6 Å². The van der Waals surface area contributed by atoms with E-state index in [1.165, 1.54) is 199 Å². The van der Waals surface area contributed by atoms with Gasteiger partial charge < -0.3 is 45.1 Å². The Hall–Kier alpha value is -2.38. The lowest BCUT2D eigenvalue weighted by molar-refractivity contribution is -0.305. The Bertz CT molecular complexity index is 1500. The molecule has 11 nitrogen and oxygen atoms in total. The molecule has 0 saturated carbocycles. The molecule has 1 fully saturated rings. The third kappa shape index (κ3) is 45.6. The maximum absolute atomic E-state index is 13.4. The SMILES string of the molecule is CC/C=C/C/C=C/C/C=C/CCCCCC(O)C(=O)NC(COC1OC(CO)C(O)C(O)C1OC(=O)CCCCCCCCCCCCCCCCCCCCCCCCCCCCC)C(O)/C=C/CCCCCCCCCCCC. The first kappa shape index (κ1) is 76.6. The first-order valence-corrected chi connectivity index (χ1v) is 34.4. The number of carbonyl (C=O) groups is 2. The molecule has 81 heavy (non-hydrogen) atoms. The number of aliphatic hydroxyl groups excluding tert-OH is 5. The van der Waals surface area contributed by atoms with Gasteiger partial charge in [0.1, 0.15) is 24.4 Å². The lowest BCUT2D eigenvalue weighted by Crippen LogP contribution is -2.61. The maximum Gasteiger partial charge on any atom is 0.306 e. The van der Waals surface area contributed by atoms with E-state index in [0.29, 0.717) is 12.8 Å². The van der Waals surface area contributed by atoms with Gasteiger partial charge in [-0.1, -0.05) is 307 Å². The molecule has 1 aliphatic heterocycles. The molecule has 8 atom stereocenters. The van der Waals surface area contributed by atoms with E-state index in [2.05, 4.69) is 62.5 Å². The third-order valence-corrected chi connectivity index (χ3v) is 16.2. The zero-order valence-corrected chi connectivity index (χ0v) is 52.7. The summed E-state index contributed by atoms with van der Waals surface area (Å²) in [6, 6.07) is -1.03. The number of aliphatic hydroxyl groups is 5. The minimum Gasteiger partial charge on any atom is -0.454 e. The fourth-order valence-electron chi connectivity index (χ4n) is 10.8. The summed E-state index contributed by atoms with van der Waals surface area (Å²) in [5, 5.41) is 57.0. The smallest absolute Gasteiger partial charge is 0.306 e. The van der Waals surface area contributed by atoms with Crippen LogP contribution >= 0.6 is 0 Å². The number of allylic oxidation sites excluding steroid dienone is 7. The Balaban J connectivity index is 2.52. The minimum atomic E-state index is -1.62. The average Bonchev–Trinajstić information content (AvgIpc) is 3.50. The van der Waals surface area contributed by atoms with Crippen molar-refractivity contribution in [3.63, 3.8) is 0 Å². The molecule has 0 radical (unpaired) electrons. The molecule has 0 bridgehead atoms. The molecule has 11 heteroatoms. The lowest BCUT2D eigenvalue weighted by Gasteiger charge is -2.41. The second-order valence-corrected chi connectivity index (χ2v) is 23.9. The summed E-state index contributed by atoms with van der Waals surface area (Å²) in [6.45, 7) is 5.69. The van der Waals surface area contributed by atoms with Crippen molar-refractivity contribution in [3.8, 4) is 0 Å². The van der Waals surface area contributed by atoms with Crippen molar-refractivity contribution in [3.05, 3.63) is 48.6 Å². The molecule has 1 rings (SSSR count). The summed E-state index contributed by atoms with van der Waals surface area (Å²) in [6.07, 6.45) is 61.8. The van der Waals surface area contributed by atoms with Gasteiger partial charge in [-0.15, -0.1) is 0 Å². The van der Waals surface area contributed by atoms with Crippen molar-refractivity contribution in [1.29, 1.82) is 0 Å². The first-order chi connectivity index (χ1) is 39.7. The molecule has 1 heterocycles. The van der Waals surface area contributed by atoms with E-state index in [1.807, 2.05) is 6.08 Å². The Labute approximate surface area is 497 Å². The van der Waals surface area contributed by atoms with Crippen LogP contribution in [-0.2, 0) is 23.8 Å². The molecule has 6 N–H and O–H groups in total. The highest BCUT2D eigenvalue weighted by Gasteiger charge is 2.47. The number of ether oxygens (including phenoxy) is 3. The molecule has 1 amide bonds. The minimum absolute atomic E-state index is 0.125. The van der Waals surface area contributed by atoms with Crippen molar-refractivity contribution < 1.29 is 49.3 Å². The largest absolute Gasteiger partial charge is 0.454 e. The predicted octanol–water partition coefficient (Wildman–Crippen LogP) is 17.2. The van der Waals surface area contributed by atoms with Crippen LogP contribution in [0.2, 0.25) is 0 Å². The van der Waals surface area contributed by atoms with Crippen molar-refractivity contribution >= 4 is 11.9 Å². The van der Waals surface area contributed by atoms with E-state index < -0.39 is 67.4 Å². The van der Waals surface area contributed by atoms with Crippen LogP contribution in [0.5, 0.6) is 0 Å². The van der Waals surface area contributed by atoms with Crippen LogP contribution in [0.25, 0.3) is 0 Å². The van der Waals surface area contributed by atoms with Gasteiger partial charge in [0.2, 0.25) is 5.91 Å². The van der Waals surface area contributed by atoms with Gasteiger partial charge in [-0.2, -0.15) is 0 Å². The number of hydrogen-bond acceptors (Lipinski definition) is 10. The van der Waals surface area contributed by atoms with Gasteiger partial charge in [-0.05, 0) is 57.8 Å². The number of nitrogens with one attached hydrogen (secondary N) is 1. The molecule has 0 spiro atoms. The average molecular weight is 1140 g/mol. The van der Waals surface area contributed by atoms with E-state index in [0.717, 1.165) is 77.0 Å². The van der Waals surface area contributed by atoms with Crippen LogP contribution in [0.4, 0.5) is 0 Å². The number of amides is 1. The van der Waals surface area contributed by atoms with E-state index in [9.17, 15) is 35.1 Å². The fourth-order valence-corrected chi connectivity index (χ4v) is 10.8. The van der Waals surface area contributed by atoms with Gasteiger partial charge in [0, 0.05) is 6.42 Å². The molecular formula is C70H129NO10. The van der Waals surface area contributed by atoms with Crippen LogP contribution in [0.3, 0.4) is 0 Å². The van der Waals surface area contributed by atoms with Crippen LogP contribution < -0.4 is 5.32 Å². The van der Waals surface area contributed by atoms with E-state index in [-0.39, 0.29) is 19.4 Å². The molecule has 0 aliphatic carbocycles. The van der Waals surface area contributed by atoms with E-state index in [4.69, 9.17) is 14.2 Å². The van der Waals surface area contributed by atoms with Crippen LogP contribution in [0.15, 0.2) is 48.6 Å². The van der Waals surface area contributed by atoms with Crippen molar-refractivity contribution in [2.24, 2.45) is 0 Å².